The van der Waals surface area contributed by atoms with Crippen LogP contribution in [0.25, 0.3) is 0 Å². The third-order valence-corrected chi connectivity index (χ3v) is 3.78. The molecule has 1 aromatic heterocycles. The smallest absolute Gasteiger partial charge is 0.143 e. The molecule has 1 atom stereocenters. The first-order valence-corrected chi connectivity index (χ1v) is 6.84. The molecule has 0 aliphatic rings. The van der Waals surface area contributed by atoms with Crippen LogP contribution in [0.2, 0.25) is 0 Å². The van der Waals surface area contributed by atoms with Gasteiger partial charge in [0.2, 0.25) is 0 Å². The summed E-state index contributed by atoms with van der Waals surface area (Å²) in [4.78, 5) is 4.16. The second-order valence-corrected chi connectivity index (χ2v) is 5.28. The zero-order valence-electron chi connectivity index (χ0n) is 10.8. The normalized spacial score (nSPS) is 12.4. The molecule has 3 N–H and O–H groups in total. The van der Waals surface area contributed by atoms with Crippen LogP contribution in [0.4, 0.5) is 8.78 Å². The number of nitrogens with one attached hydrogen (secondary N) is 1. The molecular weight excluding hydrogens is 328 g/mol. The van der Waals surface area contributed by atoms with Crippen LogP contribution in [0, 0.1) is 18.6 Å². The highest BCUT2D eigenvalue weighted by Crippen LogP contribution is 2.27. The van der Waals surface area contributed by atoms with Gasteiger partial charge >= 0.3 is 0 Å². The molecule has 2 rings (SSSR count). The fourth-order valence-electron chi connectivity index (χ4n) is 2.08. The quantitative estimate of drug-likeness (QED) is 0.510. The first-order chi connectivity index (χ1) is 9.54. The van der Waals surface area contributed by atoms with E-state index in [9.17, 15) is 8.78 Å². The number of nitrogens with two attached hydrogens (primary N) is 1. The Kier molecular flexibility index (Phi) is 4.80. The Bertz CT molecular complexity index is 619. The number of rotatable bonds is 4. The van der Waals surface area contributed by atoms with Gasteiger partial charge in [0, 0.05) is 17.5 Å². The third kappa shape index (κ3) is 3.03. The highest BCUT2D eigenvalue weighted by atomic mass is 79.9. The van der Waals surface area contributed by atoms with E-state index in [1.165, 1.54) is 12.1 Å². The SMILES string of the molecule is Cc1ncccc1C(Cc1c(F)ccc(Br)c1F)NN. The summed E-state index contributed by atoms with van der Waals surface area (Å²) < 4.78 is 28.0. The Balaban J connectivity index is 2.37. The molecule has 0 spiro atoms. The number of halogens is 3. The minimum absolute atomic E-state index is 0.00872. The van der Waals surface area contributed by atoms with Crippen molar-refractivity contribution in [3.05, 3.63) is 63.4 Å². The van der Waals surface area contributed by atoms with E-state index in [0.29, 0.717) is 0 Å². The molecule has 0 aliphatic carbocycles. The van der Waals surface area contributed by atoms with E-state index in [1.807, 2.05) is 13.0 Å². The summed E-state index contributed by atoms with van der Waals surface area (Å²) in [5.41, 5.74) is 4.17. The highest BCUT2D eigenvalue weighted by Gasteiger charge is 2.19. The molecule has 1 aromatic carbocycles. The Morgan fingerprint density at radius 2 is 2.10 bits per heavy atom. The molecule has 6 heteroatoms. The highest BCUT2D eigenvalue weighted by molar-refractivity contribution is 9.10. The lowest BCUT2D eigenvalue weighted by Crippen LogP contribution is -2.30. The van der Waals surface area contributed by atoms with Gasteiger partial charge in [-0.05, 0) is 53.0 Å². The maximum atomic E-state index is 14.0. The number of hydrogen-bond acceptors (Lipinski definition) is 3. The Morgan fingerprint density at radius 3 is 2.75 bits per heavy atom. The predicted molar refractivity (Wildman–Crippen MR) is 76.8 cm³/mol. The minimum atomic E-state index is -0.605. The Hall–Kier alpha value is -1.37. The average Bonchev–Trinajstić information content (AvgIpc) is 2.45. The standard InChI is InChI=1S/C14H14BrF2N3/c1-8-9(3-2-6-19-8)13(20-18)7-10-12(16)5-4-11(15)14(10)17/h2-6,13,20H,7,18H2,1H3. The lowest BCUT2D eigenvalue weighted by atomic mass is 9.98. The van der Waals surface area contributed by atoms with Crippen LogP contribution < -0.4 is 11.3 Å². The minimum Gasteiger partial charge on any atom is -0.271 e. The molecule has 0 saturated heterocycles. The van der Waals surface area contributed by atoms with Crippen molar-refractivity contribution in [3.63, 3.8) is 0 Å². The van der Waals surface area contributed by atoms with Crippen LogP contribution in [0.15, 0.2) is 34.9 Å². The van der Waals surface area contributed by atoms with Crippen LogP contribution in [0.3, 0.4) is 0 Å². The number of aromatic nitrogens is 1. The van der Waals surface area contributed by atoms with Gasteiger partial charge < -0.3 is 0 Å². The number of benzene rings is 1. The predicted octanol–water partition coefficient (Wildman–Crippen LogP) is 3.18. The largest absolute Gasteiger partial charge is 0.271 e. The molecule has 20 heavy (non-hydrogen) atoms. The van der Waals surface area contributed by atoms with Gasteiger partial charge in [-0.15, -0.1) is 0 Å². The molecule has 0 fully saturated rings. The second kappa shape index (κ2) is 6.39. The van der Waals surface area contributed by atoms with E-state index in [0.717, 1.165) is 11.3 Å². The molecular formula is C14H14BrF2N3. The molecule has 0 radical (unpaired) electrons. The van der Waals surface area contributed by atoms with Gasteiger partial charge in [0.25, 0.3) is 0 Å². The fraction of sp³-hybridized carbons (Fsp3) is 0.214. The lowest BCUT2D eigenvalue weighted by Gasteiger charge is -2.19. The summed E-state index contributed by atoms with van der Waals surface area (Å²) in [7, 11) is 0. The van der Waals surface area contributed by atoms with E-state index in [-0.39, 0.29) is 16.5 Å². The summed E-state index contributed by atoms with van der Waals surface area (Å²) in [5, 5.41) is 0. The van der Waals surface area contributed by atoms with Gasteiger partial charge in [0.1, 0.15) is 11.6 Å². The van der Waals surface area contributed by atoms with Crippen molar-refractivity contribution < 1.29 is 8.78 Å². The Labute approximate surface area is 124 Å². The van der Waals surface area contributed by atoms with Crippen LogP contribution in [0.1, 0.15) is 22.9 Å². The van der Waals surface area contributed by atoms with Gasteiger partial charge in [-0.2, -0.15) is 0 Å². The number of hydrazine groups is 1. The molecule has 3 nitrogen and oxygen atoms in total. The van der Waals surface area contributed by atoms with Crippen LogP contribution >= 0.6 is 15.9 Å². The number of aryl methyl sites for hydroxylation is 1. The molecule has 0 bridgehead atoms. The molecule has 0 amide bonds. The number of pyridine rings is 1. The van der Waals surface area contributed by atoms with Crippen molar-refractivity contribution in [1.29, 1.82) is 0 Å². The fourth-order valence-corrected chi connectivity index (χ4v) is 2.46. The monoisotopic (exact) mass is 341 g/mol. The van der Waals surface area contributed by atoms with E-state index in [2.05, 4.69) is 26.3 Å². The molecule has 0 saturated carbocycles. The van der Waals surface area contributed by atoms with Crippen molar-refractivity contribution in [3.8, 4) is 0 Å². The van der Waals surface area contributed by atoms with Gasteiger partial charge in [-0.3, -0.25) is 16.3 Å². The summed E-state index contributed by atoms with van der Waals surface area (Å²) in [6, 6.07) is 5.75. The molecule has 1 unspecified atom stereocenters. The van der Waals surface area contributed by atoms with E-state index in [4.69, 9.17) is 5.84 Å². The van der Waals surface area contributed by atoms with Crippen molar-refractivity contribution >= 4 is 15.9 Å². The van der Waals surface area contributed by atoms with Crippen molar-refractivity contribution in [1.82, 2.24) is 10.4 Å². The van der Waals surface area contributed by atoms with Gasteiger partial charge in [0.05, 0.1) is 10.5 Å². The maximum absolute atomic E-state index is 14.0. The molecule has 2 aromatic rings. The van der Waals surface area contributed by atoms with Crippen LogP contribution in [-0.4, -0.2) is 4.98 Å². The zero-order chi connectivity index (χ0) is 14.7. The number of hydrogen-bond donors (Lipinski definition) is 2. The van der Waals surface area contributed by atoms with E-state index < -0.39 is 17.7 Å². The summed E-state index contributed by atoms with van der Waals surface area (Å²) in [5.74, 6) is 4.33. The second-order valence-electron chi connectivity index (χ2n) is 4.42. The Morgan fingerprint density at radius 1 is 1.35 bits per heavy atom. The van der Waals surface area contributed by atoms with Crippen molar-refractivity contribution in [2.75, 3.05) is 0 Å². The van der Waals surface area contributed by atoms with Gasteiger partial charge in [0.15, 0.2) is 0 Å². The molecule has 0 aliphatic heterocycles. The summed E-state index contributed by atoms with van der Waals surface area (Å²) >= 11 is 3.06. The third-order valence-electron chi connectivity index (χ3n) is 3.17. The van der Waals surface area contributed by atoms with E-state index >= 15 is 0 Å². The molecule has 106 valence electrons. The first kappa shape index (κ1) is 15.0. The lowest BCUT2D eigenvalue weighted by molar-refractivity contribution is 0.495. The zero-order valence-corrected chi connectivity index (χ0v) is 12.4. The van der Waals surface area contributed by atoms with Gasteiger partial charge in [-0.1, -0.05) is 6.07 Å². The van der Waals surface area contributed by atoms with Crippen LogP contribution in [0.5, 0.6) is 0 Å². The van der Waals surface area contributed by atoms with Crippen molar-refractivity contribution in [2.24, 2.45) is 5.84 Å². The van der Waals surface area contributed by atoms with Crippen molar-refractivity contribution in [2.45, 2.75) is 19.4 Å². The maximum Gasteiger partial charge on any atom is 0.143 e. The number of nitrogens with zero attached hydrogens (tertiary/aromatic N) is 1. The van der Waals surface area contributed by atoms with E-state index in [1.54, 1.807) is 12.3 Å². The van der Waals surface area contributed by atoms with Gasteiger partial charge in [-0.25, -0.2) is 8.78 Å². The topological polar surface area (TPSA) is 50.9 Å². The summed E-state index contributed by atoms with van der Waals surface area (Å²) in [6.45, 7) is 1.83. The molecule has 1 heterocycles. The first-order valence-electron chi connectivity index (χ1n) is 6.04. The summed E-state index contributed by atoms with van der Waals surface area (Å²) in [6.07, 6.45) is 1.76. The average molecular weight is 342 g/mol. The van der Waals surface area contributed by atoms with Crippen LogP contribution in [-0.2, 0) is 6.42 Å².